The number of carboxylic acid groups (broad SMARTS) is 1. The third kappa shape index (κ3) is 4.46. The number of carboxylic acids is 1. The summed E-state index contributed by atoms with van der Waals surface area (Å²) >= 11 is 5.91. The standard InChI is InChI=1S/C21H16ClNO4/c22-17-7-9-18(10-8-17)23(20(25)12-19(24)21(26)27)13-14-5-6-15-3-1-2-4-16(15)11-14/h1-12,24H,13H2,(H,26,27)/b19-12-. The van der Waals surface area contributed by atoms with Crippen molar-refractivity contribution in [3.05, 3.63) is 89.2 Å². The Labute approximate surface area is 160 Å². The molecule has 3 aromatic carbocycles. The number of rotatable bonds is 5. The van der Waals surface area contributed by atoms with Crippen LogP contribution in [0.4, 0.5) is 5.69 Å². The number of amides is 1. The second-order valence-electron chi connectivity index (χ2n) is 5.92. The maximum Gasteiger partial charge on any atom is 0.371 e. The minimum Gasteiger partial charge on any atom is -0.502 e. The Bertz CT molecular complexity index is 1030. The monoisotopic (exact) mass is 381 g/mol. The summed E-state index contributed by atoms with van der Waals surface area (Å²) < 4.78 is 0. The van der Waals surface area contributed by atoms with Crippen LogP contribution in [0.15, 0.2) is 78.6 Å². The highest BCUT2D eigenvalue weighted by Crippen LogP contribution is 2.23. The van der Waals surface area contributed by atoms with Crippen LogP contribution in [0.3, 0.4) is 0 Å². The highest BCUT2D eigenvalue weighted by molar-refractivity contribution is 6.30. The van der Waals surface area contributed by atoms with Gasteiger partial charge < -0.3 is 15.1 Å². The van der Waals surface area contributed by atoms with E-state index in [0.29, 0.717) is 16.8 Å². The number of hydrogen-bond donors (Lipinski definition) is 2. The maximum absolute atomic E-state index is 12.6. The van der Waals surface area contributed by atoms with Gasteiger partial charge in [-0.2, -0.15) is 0 Å². The van der Waals surface area contributed by atoms with Crippen molar-refractivity contribution in [2.75, 3.05) is 4.90 Å². The summed E-state index contributed by atoms with van der Waals surface area (Å²) in [6.45, 7) is 0.203. The molecule has 3 aromatic rings. The quantitative estimate of drug-likeness (QED) is 0.502. The Morgan fingerprint density at radius 1 is 0.926 bits per heavy atom. The molecule has 0 heterocycles. The molecule has 0 radical (unpaired) electrons. The van der Waals surface area contributed by atoms with Gasteiger partial charge in [0.25, 0.3) is 5.91 Å². The first kappa shape index (κ1) is 18.5. The van der Waals surface area contributed by atoms with Crippen LogP contribution in [0.1, 0.15) is 5.56 Å². The summed E-state index contributed by atoms with van der Waals surface area (Å²) in [6, 6.07) is 20.3. The molecule has 0 fully saturated rings. The second-order valence-corrected chi connectivity index (χ2v) is 6.35. The first-order valence-electron chi connectivity index (χ1n) is 8.13. The average Bonchev–Trinajstić information content (AvgIpc) is 2.66. The number of halogens is 1. The second kappa shape index (κ2) is 7.93. The molecule has 0 unspecified atom stereocenters. The lowest BCUT2D eigenvalue weighted by molar-refractivity contribution is -0.135. The van der Waals surface area contributed by atoms with Crippen molar-refractivity contribution in [2.24, 2.45) is 0 Å². The molecule has 0 bridgehead atoms. The predicted molar refractivity (Wildman–Crippen MR) is 105 cm³/mol. The average molecular weight is 382 g/mol. The summed E-state index contributed by atoms with van der Waals surface area (Å²) in [7, 11) is 0. The molecule has 0 saturated carbocycles. The van der Waals surface area contributed by atoms with Crippen molar-refractivity contribution in [1.29, 1.82) is 0 Å². The molecule has 0 aliphatic rings. The largest absolute Gasteiger partial charge is 0.502 e. The highest BCUT2D eigenvalue weighted by atomic mass is 35.5. The topological polar surface area (TPSA) is 77.8 Å². The molecule has 1 amide bonds. The zero-order chi connectivity index (χ0) is 19.4. The molecule has 5 nitrogen and oxygen atoms in total. The number of aliphatic hydroxyl groups is 1. The number of benzene rings is 3. The van der Waals surface area contributed by atoms with E-state index in [0.717, 1.165) is 16.3 Å². The van der Waals surface area contributed by atoms with E-state index in [1.54, 1.807) is 24.3 Å². The number of carbonyl (C=O) groups excluding carboxylic acids is 1. The van der Waals surface area contributed by atoms with Gasteiger partial charge in [-0.3, -0.25) is 4.79 Å². The fourth-order valence-corrected chi connectivity index (χ4v) is 2.82. The van der Waals surface area contributed by atoms with Gasteiger partial charge in [0, 0.05) is 10.7 Å². The Kier molecular flexibility index (Phi) is 5.43. The van der Waals surface area contributed by atoms with Gasteiger partial charge in [-0.15, -0.1) is 0 Å². The Morgan fingerprint density at radius 2 is 1.59 bits per heavy atom. The fraction of sp³-hybridized carbons (Fsp3) is 0.0476. The molecule has 0 aliphatic heterocycles. The van der Waals surface area contributed by atoms with Gasteiger partial charge in [0.15, 0.2) is 0 Å². The predicted octanol–water partition coefficient (Wildman–Crippen LogP) is 4.55. The molecule has 2 N–H and O–H groups in total. The van der Waals surface area contributed by atoms with Crippen LogP contribution in [0.25, 0.3) is 10.8 Å². The lowest BCUT2D eigenvalue weighted by atomic mass is 10.1. The SMILES string of the molecule is O=C(O)/C(O)=C/C(=O)N(Cc1ccc2ccccc2c1)c1ccc(Cl)cc1. The molecule has 0 atom stereocenters. The lowest BCUT2D eigenvalue weighted by Gasteiger charge is -2.22. The van der Waals surface area contributed by atoms with E-state index in [-0.39, 0.29) is 6.54 Å². The van der Waals surface area contributed by atoms with E-state index in [1.165, 1.54) is 4.90 Å². The van der Waals surface area contributed by atoms with E-state index in [1.807, 2.05) is 42.5 Å². The number of nitrogens with zero attached hydrogens (tertiary/aromatic N) is 1. The van der Waals surface area contributed by atoms with Crippen LogP contribution in [-0.4, -0.2) is 22.1 Å². The van der Waals surface area contributed by atoms with E-state index in [2.05, 4.69) is 0 Å². The van der Waals surface area contributed by atoms with Crippen LogP contribution in [0, 0.1) is 0 Å². The Balaban J connectivity index is 1.97. The van der Waals surface area contributed by atoms with Gasteiger partial charge in [-0.1, -0.05) is 48.0 Å². The molecule has 3 rings (SSSR count). The van der Waals surface area contributed by atoms with Crippen molar-refractivity contribution in [3.63, 3.8) is 0 Å². The summed E-state index contributed by atoms with van der Waals surface area (Å²) in [5, 5.41) is 20.9. The van der Waals surface area contributed by atoms with Gasteiger partial charge in [-0.25, -0.2) is 4.79 Å². The first-order valence-corrected chi connectivity index (χ1v) is 8.50. The fourth-order valence-electron chi connectivity index (χ4n) is 2.69. The van der Waals surface area contributed by atoms with Gasteiger partial charge in [0.05, 0.1) is 12.6 Å². The molecule has 0 spiro atoms. The molecule has 136 valence electrons. The third-order valence-corrected chi connectivity index (χ3v) is 4.29. The number of carbonyl (C=O) groups is 2. The number of aliphatic carboxylic acids is 1. The van der Waals surface area contributed by atoms with Gasteiger partial charge in [0.1, 0.15) is 0 Å². The number of anilines is 1. The van der Waals surface area contributed by atoms with E-state index in [4.69, 9.17) is 16.7 Å². The van der Waals surface area contributed by atoms with Crippen molar-refractivity contribution < 1.29 is 19.8 Å². The smallest absolute Gasteiger partial charge is 0.371 e. The van der Waals surface area contributed by atoms with Gasteiger partial charge >= 0.3 is 5.97 Å². The van der Waals surface area contributed by atoms with Gasteiger partial charge in [0.2, 0.25) is 5.76 Å². The summed E-state index contributed by atoms with van der Waals surface area (Å²) in [5.41, 5.74) is 1.40. The molecular weight excluding hydrogens is 366 g/mol. The molecule has 0 aliphatic carbocycles. The van der Waals surface area contributed by atoms with E-state index >= 15 is 0 Å². The van der Waals surface area contributed by atoms with Crippen molar-refractivity contribution in [2.45, 2.75) is 6.54 Å². The molecule has 27 heavy (non-hydrogen) atoms. The van der Waals surface area contributed by atoms with E-state index < -0.39 is 17.6 Å². The Hall–Kier alpha value is -3.31. The third-order valence-electron chi connectivity index (χ3n) is 4.04. The molecule has 6 heteroatoms. The van der Waals surface area contributed by atoms with Crippen molar-refractivity contribution in [3.8, 4) is 0 Å². The van der Waals surface area contributed by atoms with Gasteiger partial charge in [-0.05, 0) is 46.7 Å². The maximum atomic E-state index is 12.6. The van der Waals surface area contributed by atoms with Crippen LogP contribution in [0.2, 0.25) is 5.02 Å². The molecule has 0 aromatic heterocycles. The summed E-state index contributed by atoms with van der Waals surface area (Å²) in [5.74, 6) is -3.23. The zero-order valence-corrected chi connectivity index (χ0v) is 14.9. The van der Waals surface area contributed by atoms with Crippen molar-refractivity contribution in [1.82, 2.24) is 0 Å². The van der Waals surface area contributed by atoms with Crippen LogP contribution >= 0.6 is 11.6 Å². The number of hydrogen-bond acceptors (Lipinski definition) is 3. The van der Waals surface area contributed by atoms with Crippen LogP contribution < -0.4 is 4.90 Å². The Morgan fingerprint density at radius 3 is 2.26 bits per heavy atom. The highest BCUT2D eigenvalue weighted by Gasteiger charge is 2.17. The molecule has 0 saturated heterocycles. The van der Waals surface area contributed by atoms with Crippen LogP contribution in [-0.2, 0) is 16.1 Å². The summed E-state index contributed by atoms with van der Waals surface area (Å²) in [4.78, 5) is 24.8. The van der Waals surface area contributed by atoms with E-state index in [9.17, 15) is 14.7 Å². The lowest BCUT2D eigenvalue weighted by Crippen LogP contribution is -2.29. The number of fused-ring (bicyclic) bond motifs is 1. The molecular formula is C21H16ClNO4. The summed E-state index contributed by atoms with van der Waals surface area (Å²) in [6.07, 6.45) is 0.692. The minimum absolute atomic E-state index is 0.203. The minimum atomic E-state index is -1.56. The van der Waals surface area contributed by atoms with Crippen LogP contribution in [0.5, 0.6) is 0 Å². The first-order chi connectivity index (χ1) is 12.9. The number of aliphatic hydroxyl groups excluding tert-OH is 1. The normalized spacial score (nSPS) is 11.4. The zero-order valence-electron chi connectivity index (χ0n) is 14.2. The van der Waals surface area contributed by atoms with Crippen molar-refractivity contribution >= 4 is 39.9 Å².